The molecule has 0 spiro atoms. The third-order valence-corrected chi connectivity index (χ3v) is 7.31. The molecule has 9 nitrogen and oxygen atoms in total. The lowest BCUT2D eigenvalue weighted by Crippen LogP contribution is -2.34. The van der Waals surface area contributed by atoms with E-state index in [2.05, 4.69) is 15.1 Å². The number of carbonyl (C=O) groups is 1. The van der Waals surface area contributed by atoms with Crippen LogP contribution in [0.3, 0.4) is 0 Å². The van der Waals surface area contributed by atoms with Crippen LogP contribution in [0, 0.1) is 5.82 Å². The van der Waals surface area contributed by atoms with Crippen LogP contribution in [0.1, 0.15) is 60.3 Å². The molecule has 1 aliphatic heterocycles. The van der Waals surface area contributed by atoms with E-state index in [9.17, 15) is 19.1 Å². The zero-order valence-electron chi connectivity index (χ0n) is 22.3. The van der Waals surface area contributed by atoms with Crippen molar-refractivity contribution in [2.24, 2.45) is 0 Å². The van der Waals surface area contributed by atoms with Crippen LogP contribution in [-0.2, 0) is 19.4 Å². The van der Waals surface area contributed by atoms with E-state index in [1.165, 1.54) is 27.8 Å². The fourth-order valence-corrected chi connectivity index (χ4v) is 5.26. The van der Waals surface area contributed by atoms with Crippen molar-refractivity contribution in [2.75, 3.05) is 13.1 Å². The molecule has 0 aliphatic carbocycles. The largest absolute Gasteiger partial charge is 0.493 e. The van der Waals surface area contributed by atoms with Crippen molar-refractivity contribution in [1.82, 2.24) is 29.2 Å². The number of pyridine rings is 1. The standard InChI is InChI=1S/C29H31FN6O3/c1-4-18-9-7-10-19(5-2)25(18)36-26(22-13-16-35(6-3)33-22)32-27(37)23(29(36)39)28(38)34-15-12-20(17-34)24-21(30)11-8-14-31-24/h7-11,13-14,16,20,39H,4-6,12,15,17H2,1-3H3. The van der Waals surface area contributed by atoms with Gasteiger partial charge in [0.1, 0.15) is 11.5 Å². The number of aromatic nitrogens is 5. The fourth-order valence-electron chi connectivity index (χ4n) is 5.26. The number of para-hydroxylation sites is 1. The Bertz CT molecular complexity index is 1570. The van der Waals surface area contributed by atoms with E-state index < -0.39 is 28.7 Å². The van der Waals surface area contributed by atoms with Gasteiger partial charge in [0.2, 0.25) is 5.88 Å². The molecule has 3 aromatic heterocycles. The number of aryl methyl sites for hydroxylation is 3. The predicted octanol–water partition coefficient (Wildman–Crippen LogP) is 4.11. The third kappa shape index (κ3) is 4.71. The Morgan fingerprint density at radius 2 is 1.85 bits per heavy atom. The van der Waals surface area contributed by atoms with Crippen LogP contribution in [0.25, 0.3) is 17.2 Å². The Kier molecular flexibility index (Phi) is 7.28. The smallest absolute Gasteiger partial charge is 0.290 e. The zero-order valence-corrected chi connectivity index (χ0v) is 22.3. The number of hydrogen-bond acceptors (Lipinski definition) is 6. The highest BCUT2D eigenvalue weighted by Crippen LogP contribution is 2.34. The molecule has 1 unspecified atom stereocenters. The van der Waals surface area contributed by atoms with Crippen LogP contribution in [0.15, 0.2) is 53.6 Å². The first-order valence-corrected chi connectivity index (χ1v) is 13.3. The van der Waals surface area contributed by atoms with Crippen LogP contribution < -0.4 is 5.56 Å². The average Bonchev–Trinajstić information content (AvgIpc) is 3.63. The first kappa shape index (κ1) is 26.3. The minimum atomic E-state index is -0.839. The summed E-state index contributed by atoms with van der Waals surface area (Å²) in [5.41, 5.74) is 1.98. The topological polar surface area (TPSA) is 106 Å². The number of halogens is 1. The Labute approximate surface area is 225 Å². The van der Waals surface area contributed by atoms with Gasteiger partial charge in [-0.15, -0.1) is 0 Å². The number of benzene rings is 1. The molecule has 0 saturated carbocycles. The van der Waals surface area contributed by atoms with Crippen molar-refractivity contribution in [3.8, 4) is 23.1 Å². The second kappa shape index (κ2) is 10.8. The number of likely N-dealkylation sites (tertiary alicyclic amines) is 1. The van der Waals surface area contributed by atoms with Gasteiger partial charge >= 0.3 is 0 Å². The molecule has 0 bridgehead atoms. The van der Waals surface area contributed by atoms with E-state index in [1.54, 1.807) is 16.9 Å². The van der Waals surface area contributed by atoms with Gasteiger partial charge in [-0.05, 0) is 55.5 Å². The molecule has 1 aromatic carbocycles. The molecule has 1 fully saturated rings. The van der Waals surface area contributed by atoms with Crippen LogP contribution in [0.2, 0.25) is 0 Å². The SMILES string of the molecule is CCc1cccc(CC)c1-n1c(-c2ccn(CC)n2)nc(=O)c(C(=O)N2CCC(c3ncccc3F)C2)c1O. The fraction of sp³-hybridized carbons (Fsp3) is 0.345. The lowest BCUT2D eigenvalue weighted by Gasteiger charge is -2.22. The van der Waals surface area contributed by atoms with Crippen LogP contribution >= 0.6 is 0 Å². The molecule has 39 heavy (non-hydrogen) atoms. The summed E-state index contributed by atoms with van der Waals surface area (Å²) in [7, 11) is 0. The predicted molar refractivity (Wildman–Crippen MR) is 145 cm³/mol. The first-order chi connectivity index (χ1) is 18.9. The summed E-state index contributed by atoms with van der Waals surface area (Å²) in [6, 6.07) is 10.5. The maximum atomic E-state index is 14.4. The molecule has 1 amide bonds. The highest BCUT2D eigenvalue weighted by molar-refractivity contribution is 5.96. The van der Waals surface area contributed by atoms with Crippen LogP contribution in [-0.4, -0.2) is 53.3 Å². The van der Waals surface area contributed by atoms with Gasteiger partial charge in [0.25, 0.3) is 11.5 Å². The van der Waals surface area contributed by atoms with Crippen LogP contribution in [0.5, 0.6) is 5.88 Å². The summed E-state index contributed by atoms with van der Waals surface area (Å²) in [6.45, 7) is 7.05. The van der Waals surface area contributed by atoms with E-state index in [1.807, 2.05) is 39.0 Å². The minimum Gasteiger partial charge on any atom is -0.493 e. The molecule has 1 atom stereocenters. The molecule has 4 aromatic rings. The Morgan fingerprint density at radius 1 is 1.10 bits per heavy atom. The molecule has 5 rings (SSSR count). The van der Waals surface area contributed by atoms with Crippen molar-refractivity contribution in [1.29, 1.82) is 0 Å². The quantitative estimate of drug-likeness (QED) is 0.386. The van der Waals surface area contributed by atoms with Crippen molar-refractivity contribution >= 4 is 5.91 Å². The monoisotopic (exact) mass is 530 g/mol. The first-order valence-electron chi connectivity index (χ1n) is 13.3. The maximum Gasteiger partial charge on any atom is 0.290 e. The second-order valence-electron chi connectivity index (χ2n) is 9.57. The van der Waals surface area contributed by atoms with Gasteiger partial charge in [0, 0.05) is 37.9 Å². The minimum absolute atomic E-state index is 0.159. The normalized spacial score (nSPS) is 15.2. The van der Waals surface area contributed by atoms with Crippen molar-refractivity contribution < 1.29 is 14.3 Å². The number of nitrogens with zero attached hydrogens (tertiary/aromatic N) is 6. The molecule has 1 saturated heterocycles. The molecule has 4 heterocycles. The van der Waals surface area contributed by atoms with E-state index in [4.69, 9.17) is 0 Å². The van der Waals surface area contributed by atoms with Crippen molar-refractivity contribution in [3.05, 3.63) is 87.3 Å². The van der Waals surface area contributed by atoms with Crippen molar-refractivity contribution in [2.45, 2.75) is 52.5 Å². The number of aromatic hydroxyl groups is 1. The van der Waals surface area contributed by atoms with E-state index in [0.29, 0.717) is 49.4 Å². The number of amides is 1. The Balaban J connectivity index is 1.65. The molecular weight excluding hydrogens is 499 g/mol. The molecule has 1 N–H and O–H groups in total. The summed E-state index contributed by atoms with van der Waals surface area (Å²) in [6.07, 6.45) is 5.10. The Hall–Kier alpha value is -4.34. The number of carbonyl (C=O) groups excluding carboxylic acids is 1. The summed E-state index contributed by atoms with van der Waals surface area (Å²) >= 11 is 0. The third-order valence-electron chi connectivity index (χ3n) is 7.31. The van der Waals surface area contributed by atoms with Gasteiger partial charge in [-0.3, -0.25) is 23.8 Å². The Morgan fingerprint density at radius 3 is 2.49 bits per heavy atom. The summed E-state index contributed by atoms with van der Waals surface area (Å²) < 4.78 is 17.6. The van der Waals surface area contributed by atoms with E-state index >= 15 is 0 Å². The summed E-state index contributed by atoms with van der Waals surface area (Å²) in [4.78, 5) is 37.0. The maximum absolute atomic E-state index is 14.4. The zero-order chi connectivity index (χ0) is 27.7. The molecule has 1 aliphatic rings. The molecule has 10 heteroatoms. The van der Waals surface area contributed by atoms with Crippen LogP contribution in [0.4, 0.5) is 4.39 Å². The van der Waals surface area contributed by atoms with E-state index in [0.717, 1.165) is 11.1 Å². The molecule has 0 radical (unpaired) electrons. The number of hydrogen-bond donors (Lipinski definition) is 1. The van der Waals surface area contributed by atoms with Gasteiger partial charge in [0.15, 0.2) is 11.4 Å². The highest BCUT2D eigenvalue weighted by atomic mass is 19.1. The van der Waals surface area contributed by atoms with Gasteiger partial charge in [-0.2, -0.15) is 10.1 Å². The van der Waals surface area contributed by atoms with E-state index in [-0.39, 0.29) is 18.3 Å². The average molecular weight is 531 g/mol. The number of rotatable bonds is 7. The lowest BCUT2D eigenvalue weighted by atomic mass is 10.0. The van der Waals surface area contributed by atoms with Crippen molar-refractivity contribution in [3.63, 3.8) is 0 Å². The summed E-state index contributed by atoms with van der Waals surface area (Å²) in [5, 5.41) is 16.2. The van der Waals surface area contributed by atoms with Gasteiger partial charge in [-0.25, -0.2) is 4.39 Å². The van der Waals surface area contributed by atoms with Gasteiger partial charge < -0.3 is 10.0 Å². The second-order valence-corrected chi connectivity index (χ2v) is 9.57. The lowest BCUT2D eigenvalue weighted by molar-refractivity contribution is 0.0784. The molecular formula is C29H31FN6O3. The molecule has 202 valence electrons. The highest BCUT2D eigenvalue weighted by Gasteiger charge is 2.35. The summed E-state index contributed by atoms with van der Waals surface area (Å²) in [5.74, 6) is -1.70. The van der Waals surface area contributed by atoms with Gasteiger partial charge in [-0.1, -0.05) is 32.0 Å². The van der Waals surface area contributed by atoms with Gasteiger partial charge in [0.05, 0.1) is 11.4 Å².